The standard InChI is InChI=1S/C14H10Cl2F2N2O2S/c15-10-12(19)11(16)14(20-13(10)18)22-5-9(21)23-6-7-1-3-8(17)4-2-7/h1-4H,5-6H2,(H2,19,20). The summed E-state index contributed by atoms with van der Waals surface area (Å²) in [4.78, 5) is 15.1. The summed E-state index contributed by atoms with van der Waals surface area (Å²) in [6, 6.07) is 5.76. The summed E-state index contributed by atoms with van der Waals surface area (Å²) < 4.78 is 31.2. The molecule has 0 fully saturated rings. The van der Waals surface area contributed by atoms with Crippen LogP contribution in [0.3, 0.4) is 0 Å². The summed E-state index contributed by atoms with van der Waals surface area (Å²) in [5, 5.41) is -0.895. The maximum absolute atomic E-state index is 13.4. The van der Waals surface area contributed by atoms with E-state index in [0.29, 0.717) is 5.75 Å². The number of hydrogen-bond acceptors (Lipinski definition) is 5. The fourth-order valence-electron chi connectivity index (χ4n) is 1.52. The van der Waals surface area contributed by atoms with Gasteiger partial charge in [0.1, 0.15) is 15.9 Å². The maximum atomic E-state index is 13.4. The van der Waals surface area contributed by atoms with E-state index < -0.39 is 11.0 Å². The van der Waals surface area contributed by atoms with Crippen molar-refractivity contribution >= 4 is 45.8 Å². The van der Waals surface area contributed by atoms with Crippen LogP contribution >= 0.6 is 35.0 Å². The molecule has 0 aliphatic carbocycles. The van der Waals surface area contributed by atoms with Crippen molar-refractivity contribution in [2.45, 2.75) is 5.75 Å². The van der Waals surface area contributed by atoms with Gasteiger partial charge >= 0.3 is 0 Å². The topological polar surface area (TPSA) is 65.2 Å². The average Bonchev–Trinajstić information content (AvgIpc) is 2.54. The van der Waals surface area contributed by atoms with Gasteiger partial charge in [0, 0.05) is 5.75 Å². The molecule has 1 aromatic carbocycles. The molecule has 0 saturated carbocycles. The average molecular weight is 379 g/mol. The van der Waals surface area contributed by atoms with Crippen molar-refractivity contribution in [3.05, 3.63) is 51.6 Å². The molecule has 2 N–H and O–H groups in total. The van der Waals surface area contributed by atoms with E-state index in [9.17, 15) is 13.6 Å². The molecule has 0 aliphatic heterocycles. The molecule has 23 heavy (non-hydrogen) atoms. The number of hydrogen-bond donors (Lipinski definition) is 1. The number of carbonyl (C=O) groups is 1. The number of ether oxygens (including phenoxy) is 1. The number of thioether (sulfide) groups is 1. The lowest BCUT2D eigenvalue weighted by atomic mass is 10.2. The summed E-state index contributed by atoms with van der Waals surface area (Å²) in [5.41, 5.74) is 6.07. The molecule has 0 saturated heterocycles. The first-order valence-corrected chi connectivity index (χ1v) is 7.95. The third-order valence-electron chi connectivity index (χ3n) is 2.68. The molecule has 0 spiro atoms. The van der Waals surface area contributed by atoms with Gasteiger partial charge in [-0.1, -0.05) is 47.1 Å². The Bertz CT molecular complexity index is 730. The normalized spacial score (nSPS) is 10.6. The molecule has 2 rings (SSSR count). The number of nitrogens with zero attached hydrogens (tertiary/aromatic N) is 1. The molecule has 2 aromatic rings. The highest BCUT2D eigenvalue weighted by atomic mass is 35.5. The van der Waals surface area contributed by atoms with Crippen molar-refractivity contribution in [1.29, 1.82) is 0 Å². The fraction of sp³-hybridized carbons (Fsp3) is 0.143. The van der Waals surface area contributed by atoms with E-state index in [1.807, 2.05) is 0 Å². The molecule has 0 bridgehead atoms. The zero-order valence-electron chi connectivity index (χ0n) is 11.5. The van der Waals surface area contributed by atoms with Gasteiger partial charge in [-0.2, -0.15) is 9.37 Å². The Kier molecular flexibility index (Phi) is 6.04. The lowest BCUT2D eigenvalue weighted by molar-refractivity contribution is -0.112. The van der Waals surface area contributed by atoms with Crippen LogP contribution in [0.4, 0.5) is 14.5 Å². The number of anilines is 1. The van der Waals surface area contributed by atoms with E-state index in [-0.39, 0.29) is 34.1 Å². The summed E-state index contributed by atoms with van der Waals surface area (Å²) in [6.07, 6.45) is 0. The number of carbonyl (C=O) groups excluding carboxylic acids is 1. The minimum absolute atomic E-state index is 0.160. The minimum atomic E-state index is -1.03. The van der Waals surface area contributed by atoms with Gasteiger partial charge in [0.2, 0.25) is 16.9 Å². The van der Waals surface area contributed by atoms with Crippen LogP contribution in [0.15, 0.2) is 24.3 Å². The molecule has 4 nitrogen and oxygen atoms in total. The van der Waals surface area contributed by atoms with E-state index >= 15 is 0 Å². The molecule has 0 radical (unpaired) electrons. The second-order valence-corrected chi connectivity index (χ2v) is 6.11. The van der Waals surface area contributed by atoms with E-state index in [4.69, 9.17) is 33.7 Å². The van der Waals surface area contributed by atoms with E-state index in [1.165, 1.54) is 12.1 Å². The number of halogens is 4. The maximum Gasteiger partial charge on any atom is 0.238 e. The zero-order chi connectivity index (χ0) is 17.0. The number of aromatic nitrogens is 1. The number of rotatable bonds is 5. The van der Waals surface area contributed by atoms with Crippen molar-refractivity contribution in [3.63, 3.8) is 0 Å². The van der Waals surface area contributed by atoms with Crippen LogP contribution in [-0.4, -0.2) is 16.7 Å². The molecule has 122 valence electrons. The first-order valence-electron chi connectivity index (χ1n) is 6.21. The molecule has 0 unspecified atom stereocenters. The predicted octanol–water partition coefficient (Wildman–Crippen LogP) is 4.09. The number of benzene rings is 1. The highest BCUT2D eigenvalue weighted by Crippen LogP contribution is 2.35. The van der Waals surface area contributed by atoms with Crippen molar-refractivity contribution in [2.24, 2.45) is 0 Å². The van der Waals surface area contributed by atoms with Gasteiger partial charge < -0.3 is 10.5 Å². The zero-order valence-corrected chi connectivity index (χ0v) is 13.8. The van der Waals surface area contributed by atoms with Crippen LogP contribution in [0.1, 0.15) is 5.56 Å². The van der Waals surface area contributed by atoms with Crippen molar-refractivity contribution < 1.29 is 18.3 Å². The summed E-state index contributed by atoms with van der Waals surface area (Å²) >= 11 is 12.3. The van der Waals surface area contributed by atoms with E-state index in [1.54, 1.807) is 12.1 Å². The number of nitrogen functional groups attached to an aromatic ring is 1. The van der Waals surface area contributed by atoms with Gasteiger partial charge in [0.25, 0.3) is 0 Å². The van der Waals surface area contributed by atoms with Gasteiger partial charge in [-0.05, 0) is 17.7 Å². The highest BCUT2D eigenvalue weighted by Gasteiger charge is 2.17. The van der Waals surface area contributed by atoms with Crippen molar-refractivity contribution in [2.75, 3.05) is 12.3 Å². The second kappa shape index (κ2) is 7.81. The Hall–Kier alpha value is -1.57. The van der Waals surface area contributed by atoms with Crippen molar-refractivity contribution in [3.8, 4) is 5.88 Å². The molecule has 9 heteroatoms. The fourth-order valence-corrected chi connectivity index (χ4v) is 2.56. The smallest absolute Gasteiger partial charge is 0.238 e. The Morgan fingerprint density at radius 1 is 1.22 bits per heavy atom. The van der Waals surface area contributed by atoms with Crippen LogP contribution in [0, 0.1) is 11.8 Å². The van der Waals surface area contributed by atoms with Crippen LogP contribution in [0.5, 0.6) is 5.88 Å². The van der Waals surface area contributed by atoms with Crippen LogP contribution < -0.4 is 10.5 Å². The Balaban J connectivity index is 1.91. The lowest BCUT2D eigenvalue weighted by Crippen LogP contribution is -2.10. The Morgan fingerprint density at radius 3 is 2.52 bits per heavy atom. The molecule has 1 heterocycles. The molecule has 0 atom stereocenters. The predicted molar refractivity (Wildman–Crippen MR) is 86.8 cm³/mol. The lowest BCUT2D eigenvalue weighted by Gasteiger charge is -2.09. The second-order valence-electron chi connectivity index (χ2n) is 4.33. The third-order valence-corrected chi connectivity index (χ3v) is 4.32. The quantitative estimate of drug-likeness (QED) is 0.793. The molecular weight excluding hydrogens is 369 g/mol. The first kappa shape index (κ1) is 17.8. The number of nitrogens with two attached hydrogens (primary N) is 1. The Labute approximate surface area is 144 Å². The van der Waals surface area contributed by atoms with Gasteiger partial charge in [0.15, 0.2) is 6.61 Å². The summed E-state index contributed by atoms with van der Waals surface area (Å²) in [6.45, 7) is -0.376. The summed E-state index contributed by atoms with van der Waals surface area (Å²) in [7, 11) is 0. The highest BCUT2D eigenvalue weighted by molar-refractivity contribution is 8.13. The van der Waals surface area contributed by atoms with E-state index in [0.717, 1.165) is 17.3 Å². The first-order chi connectivity index (χ1) is 10.9. The molecule has 1 aromatic heterocycles. The largest absolute Gasteiger partial charge is 0.467 e. The van der Waals surface area contributed by atoms with Gasteiger partial charge in [-0.25, -0.2) is 4.39 Å². The molecular formula is C14H10Cl2F2N2O2S. The van der Waals surface area contributed by atoms with Gasteiger partial charge in [-0.15, -0.1) is 0 Å². The minimum Gasteiger partial charge on any atom is -0.467 e. The number of pyridine rings is 1. The van der Waals surface area contributed by atoms with Crippen LogP contribution in [0.25, 0.3) is 0 Å². The van der Waals surface area contributed by atoms with E-state index in [2.05, 4.69) is 4.98 Å². The summed E-state index contributed by atoms with van der Waals surface area (Å²) in [5.74, 6) is -1.34. The SMILES string of the molecule is Nc1c(Cl)c(F)nc(OCC(=O)SCc2ccc(F)cc2)c1Cl. The van der Waals surface area contributed by atoms with Gasteiger partial charge in [-0.3, -0.25) is 4.79 Å². The third kappa shape index (κ3) is 4.70. The molecule has 0 aliphatic rings. The van der Waals surface area contributed by atoms with Crippen LogP contribution in [0.2, 0.25) is 10.0 Å². The Morgan fingerprint density at radius 2 is 1.87 bits per heavy atom. The monoisotopic (exact) mass is 378 g/mol. The van der Waals surface area contributed by atoms with Crippen LogP contribution in [-0.2, 0) is 10.5 Å². The van der Waals surface area contributed by atoms with Gasteiger partial charge in [0.05, 0.1) is 5.69 Å². The molecule has 0 amide bonds. The van der Waals surface area contributed by atoms with Crippen molar-refractivity contribution in [1.82, 2.24) is 4.98 Å².